The second-order valence-electron chi connectivity index (χ2n) is 6.29. The van der Waals surface area contributed by atoms with Gasteiger partial charge in [0.2, 0.25) is 5.88 Å². The lowest BCUT2D eigenvalue weighted by Gasteiger charge is -2.08. The van der Waals surface area contributed by atoms with Crippen molar-refractivity contribution in [1.82, 2.24) is 24.8 Å². The predicted molar refractivity (Wildman–Crippen MR) is 107 cm³/mol. The van der Waals surface area contributed by atoms with E-state index >= 15 is 0 Å². The van der Waals surface area contributed by atoms with Crippen LogP contribution in [-0.4, -0.2) is 31.9 Å². The van der Waals surface area contributed by atoms with Crippen molar-refractivity contribution in [3.8, 4) is 39.5 Å². The van der Waals surface area contributed by atoms with Gasteiger partial charge in [-0.05, 0) is 6.07 Å². The highest BCUT2D eigenvalue weighted by Crippen LogP contribution is 2.36. The number of fused-ring (bicyclic) bond motifs is 1. The summed E-state index contributed by atoms with van der Waals surface area (Å²) in [6.07, 6.45) is 3.60. The molecule has 0 amide bonds. The second kappa shape index (κ2) is 6.66. The number of nitrogens with zero attached hydrogens (tertiary/aromatic N) is 4. The molecule has 0 saturated heterocycles. The second-order valence-corrected chi connectivity index (χ2v) is 6.29. The summed E-state index contributed by atoms with van der Waals surface area (Å²) in [4.78, 5) is 4.98. The molecule has 6 nitrogen and oxygen atoms in total. The summed E-state index contributed by atoms with van der Waals surface area (Å²) >= 11 is 0. The number of aromatic amines is 1. The monoisotopic (exact) mass is 366 g/mol. The minimum atomic E-state index is 0.506. The third-order valence-corrected chi connectivity index (χ3v) is 4.62. The van der Waals surface area contributed by atoms with Gasteiger partial charge in [0, 0.05) is 34.5 Å². The number of hydrogen-bond donors (Lipinski definition) is 1. The Morgan fingerprint density at radius 3 is 2.54 bits per heavy atom. The van der Waals surface area contributed by atoms with Crippen LogP contribution >= 0.6 is 0 Å². The molecule has 0 unspecified atom stereocenters. The van der Waals surface area contributed by atoms with E-state index in [0.29, 0.717) is 5.88 Å². The van der Waals surface area contributed by atoms with Crippen molar-refractivity contribution in [1.29, 1.82) is 0 Å². The molecular weight excluding hydrogens is 350 g/mol. The quantitative estimate of drug-likeness (QED) is 0.516. The number of benzene rings is 2. The van der Waals surface area contributed by atoms with Crippen LogP contribution in [0.3, 0.4) is 0 Å². The zero-order valence-electron chi connectivity index (χ0n) is 15.1. The number of rotatable bonds is 4. The molecule has 6 heteroatoms. The first-order valence-electron chi connectivity index (χ1n) is 8.84. The number of ether oxygens (including phenoxy) is 1. The first-order chi connectivity index (χ1) is 13.8. The minimum Gasteiger partial charge on any atom is -0.480 e. The van der Waals surface area contributed by atoms with E-state index in [2.05, 4.69) is 33.5 Å². The molecule has 28 heavy (non-hydrogen) atoms. The Morgan fingerprint density at radius 1 is 1.00 bits per heavy atom. The van der Waals surface area contributed by atoms with Gasteiger partial charge in [-0.2, -0.15) is 5.10 Å². The fraction of sp³-hybridized carbons (Fsp3) is 0.0455. The molecule has 0 fully saturated rings. The van der Waals surface area contributed by atoms with Crippen molar-refractivity contribution < 1.29 is 4.74 Å². The molecule has 0 aliphatic carbocycles. The number of methoxy groups -OCH3 is 1. The van der Waals surface area contributed by atoms with Crippen molar-refractivity contribution in [2.75, 3.05) is 7.11 Å². The molecule has 135 valence electrons. The van der Waals surface area contributed by atoms with Crippen LogP contribution in [0.2, 0.25) is 0 Å². The SMILES string of the molecule is COc1cc(-c2cn[nH]c2)c2nc(-c3cc[c]cc3)c(-c3ccccc3)n2n1. The fourth-order valence-corrected chi connectivity index (χ4v) is 3.31. The lowest BCUT2D eigenvalue weighted by atomic mass is 10.1. The van der Waals surface area contributed by atoms with Gasteiger partial charge in [0.25, 0.3) is 0 Å². The lowest BCUT2D eigenvalue weighted by Crippen LogP contribution is -2.00. The molecule has 0 bridgehead atoms. The van der Waals surface area contributed by atoms with E-state index in [-0.39, 0.29) is 0 Å². The van der Waals surface area contributed by atoms with E-state index in [1.54, 1.807) is 13.3 Å². The zero-order valence-corrected chi connectivity index (χ0v) is 15.1. The summed E-state index contributed by atoms with van der Waals surface area (Å²) in [6.45, 7) is 0. The zero-order chi connectivity index (χ0) is 18.9. The highest BCUT2D eigenvalue weighted by Gasteiger charge is 2.21. The number of H-pyrrole nitrogens is 1. The Balaban J connectivity index is 1.90. The number of aromatic nitrogens is 5. The van der Waals surface area contributed by atoms with Gasteiger partial charge in [0.05, 0.1) is 19.0 Å². The van der Waals surface area contributed by atoms with Gasteiger partial charge in [0.1, 0.15) is 5.69 Å². The van der Waals surface area contributed by atoms with Crippen LogP contribution in [-0.2, 0) is 0 Å². The van der Waals surface area contributed by atoms with Crippen molar-refractivity contribution in [2.24, 2.45) is 0 Å². The maximum absolute atomic E-state index is 5.47. The van der Waals surface area contributed by atoms with Crippen molar-refractivity contribution in [3.63, 3.8) is 0 Å². The molecule has 0 saturated carbocycles. The van der Waals surface area contributed by atoms with Gasteiger partial charge in [0.15, 0.2) is 5.65 Å². The van der Waals surface area contributed by atoms with Crippen LogP contribution in [0.5, 0.6) is 5.88 Å². The molecule has 0 atom stereocenters. The molecule has 5 aromatic rings. The van der Waals surface area contributed by atoms with Crippen LogP contribution in [0.1, 0.15) is 0 Å². The summed E-state index contributed by atoms with van der Waals surface area (Å²) in [5, 5.41) is 11.6. The van der Waals surface area contributed by atoms with Gasteiger partial charge in [-0.25, -0.2) is 9.50 Å². The number of hydrogen-bond acceptors (Lipinski definition) is 4. The van der Waals surface area contributed by atoms with E-state index in [4.69, 9.17) is 9.72 Å². The number of imidazole rings is 1. The normalized spacial score (nSPS) is 11.0. The highest BCUT2D eigenvalue weighted by atomic mass is 16.5. The molecule has 3 aromatic heterocycles. The standard InChI is InChI=1S/C22H16N5O/c1-28-19-12-18(17-13-23-24-14-17)22-25-20(15-8-4-2-5-9-15)21(27(22)26-19)16-10-6-3-7-11-16/h3-14H,1H3,(H,23,24). The van der Waals surface area contributed by atoms with Crippen LogP contribution in [0.25, 0.3) is 39.3 Å². The van der Waals surface area contributed by atoms with E-state index in [9.17, 15) is 0 Å². The molecular formula is C22H16N5O. The van der Waals surface area contributed by atoms with E-state index in [1.807, 2.05) is 59.2 Å². The molecule has 3 heterocycles. The van der Waals surface area contributed by atoms with Crippen LogP contribution in [0.4, 0.5) is 0 Å². The average Bonchev–Trinajstić information content (AvgIpc) is 3.42. The Kier molecular flexibility index (Phi) is 3.87. The van der Waals surface area contributed by atoms with E-state index in [0.717, 1.165) is 39.3 Å². The maximum atomic E-state index is 5.47. The van der Waals surface area contributed by atoms with Crippen molar-refractivity contribution >= 4 is 5.65 Å². The van der Waals surface area contributed by atoms with E-state index in [1.165, 1.54) is 0 Å². The molecule has 1 radical (unpaired) electrons. The molecule has 2 aromatic carbocycles. The van der Waals surface area contributed by atoms with Crippen molar-refractivity contribution in [2.45, 2.75) is 0 Å². The third-order valence-electron chi connectivity index (χ3n) is 4.62. The molecule has 0 aliphatic heterocycles. The largest absolute Gasteiger partial charge is 0.480 e. The Labute approximate surface area is 161 Å². The molecule has 0 spiro atoms. The first kappa shape index (κ1) is 16.3. The van der Waals surface area contributed by atoms with Gasteiger partial charge in [-0.1, -0.05) is 54.6 Å². The molecule has 5 rings (SSSR count). The Hall–Kier alpha value is -3.93. The van der Waals surface area contributed by atoms with Crippen LogP contribution < -0.4 is 4.74 Å². The smallest absolute Gasteiger partial charge is 0.232 e. The topological polar surface area (TPSA) is 68.1 Å². The highest BCUT2D eigenvalue weighted by molar-refractivity contribution is 5.87. The summed E-state index contributed by atoms with van der Waals surface area (Å²) in [6, 6.07) is 22.9. The lowest BCUT2D eigenvalue weighted by molar-refractivity contribution is 0.390. The van der Waals surface area contributed by atoms with Gasteiger partial charge < -0.3 is 4.74 Å². The molecule has 0 aliphatic rings. The Morgan fingerprint density at radius 2 is 1.82 bits per heavy atom. The van der Waals surface area contributed by atoms with Crippen molar-refractivity contribution in [3.05, 3.63) is 79.1 Å². The number of nitrogens with one attached hydrogen (secondary N) is 1. The van der Waals surface area contributed by atoms with Gasteiger partial charge >= 0.3 is 0 Å². The summed E-state index contributed by atoms with van der Waals surface area (Å²) < 4.78 is 7.32. The van der Waals surface area contributed by atoms with Crippen LogP contribution in [0, 0.1) is 6.07 Å². The minimum absolute atomic E-state index is 0.506. The summed E-state index contributed by atoms with van der Waals surface area (Å²) in [7, 11) is 1.61. The Bertz CT molecular complexity index is 1230. The summed E-state index contributed by atoms with van der Waals surface area (Å²) in [5.41, 5.74) is 6.34. The van der Waals surface area contributed by atoms with Crippen LogP contribution in [0.15, 0.2) is 73.1 Å². The van der Waals surface area contributed by atoms with Gasteiger partial charge in [-0.15, -0.1) is 5.10 Å². The first-order valence-corrected chi connectivity index (χ1v) is 8.84. The fourth-order valence-electron chi connectivity index (χ4n) is 3.31. The van der Waals surface area contributed by atoms with E-state index < -0.39 is 0 Å². The third kappa shape index (κ3) is 2.63. The molecule has 1 N–H and O–H groups in total. The maximum Gasteiger partial charge on any atom is 0.232 e. The predicted octanol–water partition coefficient (Wildman–Crippen LogP) is 4.26. The average molecular weight is 366 g/mol. The van der Waals surface area contributed by atoms with Gasteiger partial charge in [-0.3, -0.25) is 5.10 Å². The summed E-state index contributed by atoms with van der Waals surface area (Å²) in [5.74, 6) is 0.506.